The van der Waals surface area contributed by atoms with Crippen LogP contribution in [0.5, 0.6) is 0 Å². The third-order valence-corrected chi connectivity index (χ3v) is 1.74. The first kappa shape index (κ1) is 17.2. The number of rotatable bonds is 0. The van der Waals surface area contributed by atoms with Crippen molar-refractivity contribution in [3.63, 3.8) is 0 Å². The van der Waals surface area contributed by atoms with Crippen molar-refractivity contribution in [3.05, 3.63) is 6.33 Å². The van der Waals surface area contributed by atoms with E-state index >= 15 is 0 Å². The molecule has 0 aliphatic rings. The number of hydrogen-bond acceptors (Lipinski definition) is 6. The summed E-state index contributed by atoms with van der Waals surface area (Å²) in [5, 5.41) is 8.60. The zero-order chi connectivity index (χ0) is 14.8. The molecule has 0 radical (unpaired) electrons. The van der Waals surface area contributed by atoms with Gasteiger partial charge >= 0.3 is 0 Å². The quantitative estimate of drug-likeness (QED) is 0.451. The predicted octanol–water partition coefficient (Wildman–Crippen LogP) is -3.68. The predicted molar refractivity (Wildman–Crippen MR) is 50.2 cm³/mol. The molecule has 0 bridgehead atoms. The van der Waals surface area contributed by atoms with Crippen molar-refractivity contribution < 1.29 is 33.6 Å². The van der Waals surface area contributed by atoms with Crippen LogP contribution in [0.1, 0.15) is 41.5 Å². The van der Waals surface area contributed by atoms with Crippen LogP contribution in [0.25, 0.3) is 0 Å². The van der Waals surface area contributed by atoms with Crippen molar-refractivity contribution in [2.75, 3.05) is 0 Å². The van der Waals surface area contributed by atoms with Gasteiger partial charge in [-0.2, -0.15) is 0 Å². The minimum Gasteiger partial charge on any atom is -0.222 e. The molecule has 0 amide bonds. The Morgan fingerprint density at radius 3 is 1.56 bits per heavy atom. The standard InChI is InChI=1S/C9H19N4.ClHO4/c1-8(2,3)12-7-10-13(11-12)9(4,5)6;2-1(3,4)5/h7H,1-6H3;(H,2,3,4,5)/q+1;/p-1. The van der Waals surface area contributed by atoms with Crippen molar-refractivity contribution in [1.29, 1.82) is 0 Å². The van der Waals surface area contributed by atoms with E-state index in [1.165, 1.54) is 0 Å². The monoisotopic (exact) mass is 282 g/mol. The molecule has 0 N–H and O–H groups in total. The van der Waals surface area contributed by atoms with E-state index in [9.17, 15) is 0 Å². The number of aromatic nitrogens is 4. The Balaban J connectivity index is 0.000000494. The molecule has 1 aromatic rings. The van der Waals surface area contributed by atoms with Gasteiger partial charge in [0.25, 0.3) is 6.33 Å². The summed E-state index contributed by atoms with van der Waals surface area (Å²) in [6.45, 7) is 12.6. The molecule has 0 aliphatic carbocycles. The smallest absolute Gasteiger partial charge is 0.222 e. The zero-order valence-electron chi connectivity index (χ0n) is 11.4. The van der Waals surface area contributed by atoms with E-state index in [2.05, 4.69) is 51.9 Å². The van der Waals surface area contributed by atoms with Crippen molar-refractivity contribution in [2.45, 2.75) is 52.6 Å². The maximum atomic E-state index is 8.49. The average Bonchev–Trinajstić information content (AvgIpc) is 2.43. The van der Waals surface area contributed by atoms with Gasteiger partial charge in [-0.1, -0.05) is 0 Å². The van der Waals surface area contributed by atoms with Crippen LogP contribution < -0.4 is 23.3 Å². The van der Waals surface area contributed by atoms with Crippen LogP contribution in [0.3, 0.4) is 0 Å². The fourth-order valence-corrected chi connectivity index (χ4v) is 0.850. The van der Waals surface area contributed by atoms with E-state index in [1.807, 2.05) is 4.68 Å². The second kappa shape index (κ2) is 5.45. The van der Waals surface area contributed by atoms with Crippen LogP contribution in [0.4, 0.5) is 0 Å². The summed E-state index contributed by atoms with van der Waals surface area (Å²) in [7, 11) is -4.94. The van der Waals surface area contributed by atoms with E-state index in [1.54, 1.807) is 11.1 Å². The Kier molecular flexibility index (Phi) is 5.21. The Morgan fingerprint density at radius 2 is 1.39 bits per heavy atom. The van der Waals surface area contributed by atoms with E-state index in [-0.39, 0.29) is 11.1 Å². The molecule has 8 nitrogen and oxygen atoms in total. The van der Waals surface area contributed by atoms with E-state index in [4.69, 9.17) is 18.6 Å². The second-order valence-electron chi connectivity index (χ2n) is 5.67. The Bertz CT molecular complexity index is 341. The summed E-state index contributed by atoms with van der Waals surface area (Å²) in [6, 6.07) is 0. The molecule has 1 rings (SSSR count). The lowest BCUT2D eigenvalue weighted by Gasteiger charge is -2.17. The van der Waals surface area contributed by atoms with Gasteiger partial charge in [-0.3, -0.25) is 0 Å². The Labute approximate surface area is 108 Å². The highest BCUT2D eigenvalue weighted by molar-refractivity contribution is 4.61. The third kappa shape index (κ3) is 7.51. The van der Waals surface area contributed by atoms with Gasteiger partial charge in [-0.05, 0) is 46.3 Å². The summed E-state index contributed by atoms with van der Waals surface area (Å²) in [5.74, 6) is 0. The minimum atomic E-state index is -4.94. The number of halogens is 1. The maximum Gasteiger partial charge on any atom is 0.286 e. The molecule has 0 saturated heterocycles. The summed E-state index contributed by atoms with van der Waals surface area (Å²) in [4.78, 5) is 1.73. The van der Waals surface area contributed by atoms with Crippen LogP contribution in [0, 0.1) is 10.2 Å². The lowest BCUT2D eigenvalue weighted by molar-refractivity contribution is -2.00. The molecule has 0 fully saturated rings. The molecular weight excluding hydrogens is 264 g/mol. The van der Waals surface area contributed by atoms with Crippen LogP contribution >= 0.6 is 0 Å². The van der Waals surface area contributed by atoms with Crippen LogP contribution in [0.15, 0.2) is 6.33 Å². The number of hydrogen-bond donors (Lipinski definition) is 0. The molecule has 18 heavy (non-hydrogen) atoms. The van der Waals surface area contributed by atoms with Gasteiger partial charge < -0.3 is 0 Å². The summed E-state index contributed by atoms with van der Waals surface area (Å²) in [6.07, 6.45) is 1.77. The third-order valence-electron chi connectivity index (χ3n) is 1.74. The molecule has 0 unspecified atom stereocenters. The van der Waals surface area contributed by atoms with E-state index in [0.29, 0.717) is 0 Å². The molecular formula is C9H19ClN4O4. The lowest BCUT2D eigenvalue weighted by atomic mass is 10.1. The fraction of sp³-hybridized carbons (Fsp3) is 0.889. The Hall–Kier alpha value is -0.800. The van der Waals surface area contributed by atoms with Gasteiger partial charge in [-0.25, -0.2) is 18.6 Å². The molecule has 0 spiro atoms. The van der Waals surface area contributed by atoms with Gasteiger partial charge in [0.2, 0.25) is 0 Å². The summed E-state index contributed by atoms with van der Waals surface area (Å²) < 4.78 is 35.8. The largest absolute Gasteiger partial charge is 0.286 e. The SMILES string of the molecule is CC(C)(C)n1nc[n+](C(C)(C)C)n1.[O-][Cl+3]([O-])([O-])[O-]. The van der Waals surface area contributed by atoms with Gasteiger partial charge in [0.05, 0.1) is 10.3 Å². The molecule has 0 saturated carbocycles. The topological polar surface area (TPSA) is 127 Å². The van der Waals surface area contributed by atoms with Crippen molar-refractivity contribution in [3.8, 4) is 0 Å². The highest BCUT2D eigenvalue weighted by Crippen LogP contribution is 2.08. The van der Waals surface area contributed by atoms with Gasteiger partial charge in [0.15, 0.2) is 0 Å². The van der Waals surface area contributed by atoms with E-state index in [0.717, 1.165) is 0 Å². The molecule has 1 heterocycles. The highest BCUT2D eigenvalue weighted by Gasteiger charge is 2.27. The van der Waals surface area contributed by atoms with Gasteiger partial charge in [0, 0.05) is 0 Å². The molecule has 106 valence electrons. The van der Waals surface area contributed by atoms with Gasteiger partial charge in [0.1, 0.15) is 11.1 Å². The lowest BCUT2D eigenvalue weighted by Crippen LogP contribution is -2.68. The van der Waals surface area contributed by atoms with Crippen LogP contribution in [0.2, 0.25) is 0 Å². The summed E-state index contributed by atoms with van der Waals surface area (Å²) in [5.41, 5.74) is -0.0417. The Morgan fingerprint density at radius 1 is 1.00 bits per heavy atom. The number of tetrazole rings is 1. The minimum absolute atomic E-state index is 0.00347. The molecule has 0 atom stereocenters. The highest BCUT2D eigenvalue weighted by atomic mass is 35.7. The molecule has 9 heteroatoms. The first-order valence-electron chi connectivity index (χ1n) is 5.18. The summed E-state index contributed by atoms with van der Waals surface area (Å²) >= 11 is 0. The first-order valence-corrected chi connectivity index (χ1v) is 6.42. The zero-order valence-corrected chi connectivity index (χ0v) is 12.1. The second-order valence-corrected chi connectivity index (χ2v) is 6.43. The normalized spacial score (nSPS) is 13.0. The average molecular weight is 283 g/mol. The van der Waals surface area contributed by atoms with Crippen molar-refractivity contribution in [2.24, 2.45) is 0 Å². The van der Waals surface area contributed by atoms with Crippen molar-refractivity contribution >= 4 is 0 Å². The van der Waals surface area contributed by atoms with Crippen LogP contribution in [-0.2, 0) is 11.1 Å². The maximum absolute atomic E-state index is 8.49. The van der Waals surface area contributed by atoms with Crippen LogP contribution in [-0.4, -0.2) is 15.1 Å². The molecule has 0 aromatic carbocycles. The van der Waals surface area contributed by atoms with Crippen molar-refractivity contribution in [1.82, 2.24) is 15.1 Å². The number of nitrogens with zero attached hydrogens (tertiary/aromatic N) is 4. The first-order chi connectivity index (χ1) is 7.71. The van der Waals surface area contributed by atoms with E-state index < -0.39 is 10.2 Å². The van der Waals surface area contributed by atoms with Gasteiger partial charge in [-0.15, -0.1) is 14.9 Å². The molecule has 0 aliphatic heterocycles. The fourth-order valence-electron chi connectivity index (χ4n) is 0.850. The molecule has 1 aromatic heterocycles.